The largest absolute Gasteiger partial charge is 0.466 e. The summed E-state index contributed by atoms with van der Waals surface area (Å²) in [7, 11) is 2.17. The van der Waals surface area contributed by atoms with Crippen molar-refractivity contribution in [1.29, 1.82) is 0 Å². The monoisotopic (exact) mass is 239 g/mol. The van der Waals surface area contributed by atoms with Crippen molar-refractivity contribution in [3.8, 4) is 0 Å². The fraction of sp³-hybridized carbons (Fsp3) is 0.769. The van der Waals surface area contributed by atoms with E-state index >= 15 is 0 Å². The number of hydrogen-bond donors (Lipinski definition) is 0. The van der Waals surface area contributed by atoms with Gasteiger partial charge in [0.1, 0.15) is 0 Å². The fourth-order valence-electron chi connectivity index (χ4n) is 2.58. The van der Waals surface area contributed by atoms with E-state index in [0.29, 0.717) is 25.1 Å². The maximum atomic E-state index is 11.3. The Labute approximate surface area is 103 Å². The lowest BCUT2D eigenvalue weighted by Crippen LogP contribution is -2.53. The van der Waals surface area contributed by atoms with E-state index in [1.807, 2.05) is 6.92 Å². The Kier molecular flexibility index (Phi) is 4.18. The summed E-state index contributed by atoms with van der Waals surface area (Å²) in [6, 6.07) is 0.965. The molecule has 2 aliphatic heterocycles. The van der Waals surface area contributed by atoms with Gasteiger partial charge in [0.15, 0.2) is 0 Å². The zero-order chi connectivity index (χ0) is 12.3. The molecular weight excluding hydrogens is 218 g/mol. The van der Waals surface area contributed by atoms with Crippen molar-refractivity contribution in [2.75, 3.05) is 26.9 Å². The van der Waals surface area contributed by atoms with Crippen LogP contribution in [-0.4, -0.2) is 49.8 Å². The number of piperidine rings is 1. The van der Waals surface area contributed by atoms with E-state index in [0.717, 1.165) is 26.1 Å². The van der Waals surface area contributed by atoms with Crippen LogP contribution in [0.4, 0.5) is 0 Å². The molecule has 0 saturated carbocycles. The molecule has 2 unspecified atom stereocenters. The second kappa shape index (κ2) is 5.65. The molecule has 0 aromatic heterocycles. The van der Waals surface area contributed by atoms with Gasteiger partial charge in [0, 0.05) is 12.1 Å². The average molecular weight is 239 g/mol. The molecule has 0 aliphatic carbocycles. The Hall–Kier alpha value is -0.870. The summed E-state index contributed by atoms with van der Waals surface area (Å²) in [5.41, 5.74) is 1.38. The van der Waals surface area contributed by atoms with Crippen LogP contribution in [0, 0.1) is 0 Å². The summed E-state index contributed by atoms with van der Waals surface area (Å²) in [6.07, 6.45) is 4.50. The van der Waals surface area contributed by atoms with Gasteiger partial charge in [0.05, 0.1) is 26.2 Å². The first-order valence-corrected chi connectivity index (χ1v) is 6.34. The minimum absolute atomic E-state index is 0.125. The van der Waals surface area contributed by atoms with Gasteiger partial charge in [-0.05, 0) is 26.8 Å². The predicted octanol–water partition coefficient (Wildman–Crippen LogP) is 1.36. The minimum atomic E-state index is -0.125. The molecule has 2 fully saturated rings. The highest BCUT2D eigenvalue weighted by Crippen LogP contribution is 2.29. The molecule has 2 aliphatic rings. The van der Waals surface area contributed by atoms with Crippen molar-refractivity contribution >= 4 is 5.97 Å². The summed E-state index contributed by atoms with van der Waals surface area (Å²) in [5, 5.41) is 0. The predicted molar refractivity (Wildman–Crippen MR) is 64.7 cm³/mol. The number of fused-ring (bicyclic) bond motifs is 2. The molecule has 0 radical (unpaired) electrons. The number of carbonyl (C=O) groups excluding carboxylic acids is 1. The van der Waals surface area contributed by atoms with Crippen LogP contribution in [0.25, 0.3) is 0 Å². The summed E-state index contributed by atoms with van der Waals surface area (Å²) in [4.78, 5) is 13.7. The molecule has 4 heteroatoms. The second-order valence-electron chi connectivity index (χ2n) is 4.79. The van der Waals surface area contributed by atoms with Gasteiger partial charge in [-0.25, -0.2) is 0 Å². The molecule has 0 amide bonds. The Morgan fingerprint density at radius 1 is 1.47 bits per heavy atom. The van der Waals surface area contributed by atoms with Gasteiger partial charge >= 0.3 is 5.97 Å². The summed E-state index contributed by atoms with van der Waals surface area (Å²) in [5.74, 6) is -0.125. The molecule has 0 aromatic carbocycles. The van der Waals surface area contributed by atoms with E-state index < -0.39 is 0 Å². The van der Waals surface area contributed by atoms with E-state index in [1.165, 1.54) is 5.57 Å². The quantitative estimate of drug-likeness (QED) is 0.550. The Morgan fingerprint density at radius 3 is 2.71 bits per heavy atom. The van der Waals surface area contributed by atoms with Gasteiger partial charge in [0.25, 0.3) is 0 Å². The highest BCUT2D eigenvalue weighted by Gasteiger charge is 2.33. The number of likely N-dealkylation sites (N-methyl/N-ethyl adjacent to an activating group) is 1. The van der Waals surface area contributed by atoms with E-state index in [2.05, 4.69) is 18.0 Å². The highest BCUT2D eigenvalue weighted by molar-refractivity contribution is 5.71. The van der Waals surface area contributed by atoms with Gasteiger partial charge in [-0.2, -0.15) is 0 Å². The van der Waals surface area contributed by atoms with Crippen molar-refractivity contribution < 1.29 is 14.3 Å². The average Bonchev–Trinajstić information content (AvgIpc) is 2.27. The van der Waals surface area contributed by atoms with Crippen molar-refractivity contribution in [1.82, 2.24) is 4.90 Å². The summed E-state index contributed by atoms with van der Waals surface area (Å²) in [6.45, 7) is 3.92. The van der Waals surface area contributed by atoms with Crippen LogP contribution in [0.1, 0.15) is 26.2 Å². The van der Waals surface area contributed by atoms with Gasteiger partial charge in [0.2, 0.25) is 0 Å². The molecule has 96 valence electrons. The first-order chi connectivity index (χ1) is 8.20. The lowest BCUT2D eigenvalue weighted by atomic mass is 9.90. The number of morpholine rings is 1. The van der Waals surface area contributed by atoms with Crippen LogP contribution in [0.2, 0.25) is 0 Å². The van der Waals surface area contributed by atoms with Gasteiger partial charge in [-0.3, -0.25) is 9.69 Å². The summed E-state index contributed by atoms with van der Waals surface area (Å²) < 4.78 is 10.5. The molecule has 4 nitrogen and oxygen atoms in total. The van der Waals surface area contributed by atoms with Crippen LogP contribution in [-0.2, 0) is 14.3 Å². The van der Waals surface area contributed by atoms with Gasteiger partial charge < -0.3 is 9.47 Å². The third-order valence-corrected chi connectivity index (χ3v) is 3.63. The molecule has 0 aromatic rings. The Balaban J connectivity index is 1.90. The number of carbonyl (C=O) groups is 1. The molecule has 2 heterocycles. The SMILES string of the molecule is CCOC(=O)CC=C1CC2COCC(C1)N2C. The third kappa shape index (κ3) is 3.07. The highest BCUT2D eigenvalue weighted by atomic mass is 16.5. The van der Waals surface area contributed by atoms with Crippen LogP contribution < -0.4 is 0 Å². The van der Waals surface area contributed by atoms with E-state index in [-0.39, 0.29) is 5.97 Å². The Morgan fingerprint density at radius 2 is 2.12 bits per heavy atom. The molecule has 0 N–H and O–H groups in total. The number of ether oxygens (including phenoxy) is 2. The van der Waals surface area contributed by atoms with Crippen LogP contribution in [0.15, 0.2) is 11.6 Å². The molecule has 17 heavy (non-hydrogen) atoms. The van der Waals surface area contributed by atoms with Gasteiger partial charge in [-0.15, -0.1) is 0 Å². The van der Waals surface area contributed by atoms with Crippen molar-refractivity contribution in [2.24, 2.45) is 0 Å². The van der Waals surface area contributed by atoms with Crippen molar-refractivity contribution in [3.05, 3.63) is 11.6 Å². The van der Waals surface area contributed by atoms with Crippen LogP contribution >= 0.6 is 0 Å². The third-order valence-electron chi connectivity index (χ3n) is 3.63. The lowest BCUT2D eigenvalue weighted by molar-refractivity contribution is -0.142. The molecular formula is C13H21NO3. The minimum Gasteiger partial charge on any atom is -0.466 e. The first kappa shape index (κ1) is 12.6. The fourth-order valence-corrected chi connectivity index (χ4v) is 2.58. The van der Waals surface area contributed by atoms with E-state index in [1.54, 1.807) is 0 Å². The zero-order valence-electron chi connectivity index (χ0n) is 10.6. The molecule has 0 spiro atoms. The first-order valence-electron chi connectivity index (χ1n) is 6.34. The summed E-state index contributed by atoms with van der Waals surface area (Å²) >= 11 is 0. The topological polar surface area (TPSA) is 38.8 Å². The van der Waals surface area contributed by atoms with Crippen LogP contribution in [0.5, 0.6) is 0 Å². The maximum absolute atomic E-state index is 11.3. The smallest absolute Gasteiger partial charge is 0.309 e. The molecule has 2 saturated heterocycles. The van der Waals surface area contributed by atoms with E-state index in [9.17, 15) is 4.79 Å². The van der Waals surface area contributed by atoms with Crippen molar-refractivity contribution in [3.63, 3.8) is 0 Å². The standard InChI is InChI=1S/C13H21NO3/c1-3-17-13(15)5-4-10-6-11-8-16-9-12(7-10)14(11)2/h4,11-12H,3,5-9H2,1-2H3. The van der Waals surface area contributed by atoms with Crippen LogP contribution in [0.3, 0.4) is 0 Å². The molecule has 2 bridgehead atoms. The molecule has 2 rings (SSSR count). The number of esters is 1. The van der Waals surface area contributed by atoms with Crippen molar-refractivity contribution in [2.45, 2.75) is 38.3 Å². The second-order valence-corrected chi connectivity index (χ2v) is 4.79. The van der Waals surface area contributed by atoms with Gasteiger partial charge in [-0.1, -0.05) is 11.6 Å². The van der Waals surface area contributed by atoms with E-state index in [4.69, 9.17) is 9.47 Å². The zero-order valence-corrected chi connectivity index (χ0v) is 10.6. The lowest BCUT2D eigenvalue weighted by Gasteiger charge is -2.44. The maximum Gasteiger partial charge on any atom is 0.309 e. The number of rotatable bonds is 3. The number of nitrogens with zero attached hydrogens (tertiary/aromatic N) is 1. The number of hydrogen-bond acceptors (Lipinski definition) is 4. The molecule has 2 atom stereocenters. The Bertz CT molecular complexity index is 298. The normalized spacial score (nSPS) is 28.9.